The Bertz CT molecular complexity index is 175. The second-order valence-corrected chi connectivity index (χ2v) is 5.77. The lowest BCUT2D eigenvalue weighted by molar-refractivity contribution is 0.540. The smallest absolute Gasteiger partial charge is 0.147 e. The van der Waals surface area contributed by atoms with Crippen LogP contribution in [0, 0.1) is 5.92 Å². The molecule has 1 aliphatic rings. The van der Waals surface area contributed by atoms with E-state index in [1.165, 1.54) is 12.8 Å². The van der Waals surface area contributed by atoms with Crippen molar-refractivity contribution in [1.29, 1.82) is 0 Å². The van der Waals surface area contributed by atoms with Crippen LogP contribution in [0.25, 0.3) is 0 Å². The van der Waals surface area contributed by atoms with Crippen molar-refractivity contribution in [2.75, 3.05) is 0 Å². The van der Waals surface area contributed by atoms with Gasteiger partial charge in [-0.15, -0.1) is 0 Å². The minimum Gasteiger partial charge on any atom is -0.591 e. The van der Waals surface area contributed by atoms with E-state index < -0.39 is 11.4 Å². The Labute approximate surface area is 77.8 Å². The van der Waals surface area contributed by atoms with Gasteiger partial charge < -0.3 is 4.55 Å². The molecule has 0 spiro atoms. The van der Waals surface area contributed by atoms with Gasteiger partial charge in [-0.1, -0.05) is 11.3 Å². The number of hydrogen-bond donors (Lipinski definition) is 0. The first kappa shape index (κ1) is 10.1. The molecule has 0 aliphatic heterocycles. The average Bonchev–Trinajstić information content (AvgIpc) is 2.83. The largest absolute Gasteiger partial charge is 0.591 e. The summed E-state index contributed by atoms with van der Waals surface area (Å²) in [5.74, 6) is 0.626. The summed E-state index contributed by atoms with van der Waals surface area (Å²) in [4.78, 5) is 0. The van der Waals surface area contributed by atoms with Gasteiger partial charge in [0.2, 0.25) is 0 Å². The van der Waals surface area contributed by atoms with E-state index in [1.807, 2.05) is 27.0 Å². The van der Waals surface area contributed by atoms with Gasteiger partial charge in [0.1, 0.15) is 16.1 Å². The summed E-state index contributed by atoms with van der Waals surface area (Å²) in [5.41, 5.74) is 0. The van der Waals surface area contributed by atoms with Gasteiger partial charge >= 0.3 is 0 Å². The number of hydrogen-bond acceptors (Lipinski definition) is 2. The maximum atomic E-state index is 11.5. The first-order valence-corrected chi connectivity index (χ1v) is 5.63. The third-order valence-electron chi connectivity index (χ3n) is 2.31. The maximum absolute atomic E-state index is 11.5. The monoisotopic (exact) mass is 187 g/mol. The van der Waals surface area contributed by atoms with Crippen molar-refractivity contribution in [2.24, 2.45) is 10.3 Å². The van der Waals surface area contributed by atoms with Gasteiger partial charge in [0.15, 0.2) is 0 Å². The Balaban J connectivity index is 2.39. The molecule has 1 fully saturated rings. The van der Waals surface area contributed by atoms with Gasteiger partial charge in [0, 0.05) is 0 Å². The molecule has 2 nitrogen and oxygen atoms in total. The van der Waals surface area contributed by atoms with Crippen LogP contribution in [0.2, 0.25) is 0 Å². The molecule has 0 saturated heterocycles. The average molecular weight is 187 g/mol. The fraction of sp³-hybridized carbons (Fsp3) is 0.889. The van der Waals surface area contributed by atoms with Crippen molar-refractivity contribution in [3.8, 4) is 0 Å². The van der Waals surface area contributed by atoms with Crippen molar-refractivity contribution < 1.29 is 4.55 Å². The van der Waals surface area contributed by atoms with E-state index in [2.05, 4.69) is 4.40 Å². The summed E-state index contributed by atoms with van der Waals surface area (Å²) in [7, 11) is 0. The van der Waals surface area contributed by atoms with Gasteiger partial charge in [-0.3, -0.25) is 0 Å². The van der Waals surface area contributed by atoms with Crippen LogP contribution < -0.4 is 0 Å². The van der Waals surface area contributed by atoms with Gasteiger partial charge in [-0.25, -0.2) is 0 Å². The Kier molecular flexibility index (Phi) is 3.18. The first-order valence-electron chi connectivity index (χ1n) is 4.52. The SMILES string of the molecule is CCC(C)(C)[S+]([O-])N=CC1CC1. The fourth-order valence-electron chi connectivity index (χ4n) is 0.653. The van der Waals surface area contributed by atoms with Crippen LogP contribution in [-0.2, 0) is 11.4 Å². The molecule has 1 unspecified atom stereocenters. The van der Waals surface area contributed by atoms with Crippen LogP contribution in [0.4, 0.5) is 0 Å². The molecule has 0 amide bonds. The number of nitrogens with zero attached hydrogens (tertiary/aromatic N) is 1. The molecular formula is C9H17NOS. The van der Waals surface area contributed by atoms with E-state index in [1.54, 1.807) is 0 Å². The molecule has 0 aromatic heterocycles. The molecule has 0 radical (unpaired) electrons. The minimum atomic E-state index is -1.04. The third kappa shape index (κ3) is 2.79. The van der Waals surface area contributed by atoms with Crippen LogP contribution in [0.1, 0.15) is 40.0 Å². The van der Waals surface area contributed by atoms with E-state index in [-0.39, 0.29) is 4.75 Å². The van der Waals surface area contributed by atoms with Gasteiger partial charge in [0.25, 0.3) is 0 Å². The van der Waals surface area contributed by atoms with E-state index >= 15 is 0 Å². The third-order valence-corrected chi connectivity index (χ3v) is 3.86. The van der Waals surface area contributed by atoms with Crippen molar-refractivity contribution in [2.45, 2.75) is 44.8 Å². The topological polar surface area (TPSA) is 35.4 Å². The highest BCUT2D eigenvalue weighted by atomic mass is 32.2. The summed E-state index contributed by atoms with van der Waals surface area (Å²) in [6.45, 7) is 6.03. The van der Waals surface area contributed by atoms with E-state index in [0.717, 1.165) is 6.42 Å². The maximum Gasteiger partial charge on any atom is 0.147 e. The molecule has 0 aromatic rings. The van der Waals surface area contributed by atoms with Crippen LogP contribution in [-0.4, -0.2) is 15.5 Å². The standard InChI is InChI=1S/C9H17NOS/c1-4-9(2,3)12(11)10-7-8-5-6-8/h7-8H,4-6H2,1-3H3. The zero-order chi connectivity index (χ0) is 9.19. The summed E-state index contributed by atoms with van der Waals surface area (Å²) in [6.07, 6.45) is 5.23. The van der Waals surface area contributed by atoms with Crippen molar-refractivity contribution >= 4 is 17.6 Å². The molecule has 12 heavy (non-hydrogen) atoms. The highest BCUT2D eigenvalue weighted by molar-refractivity contribution is 7.91. The van der Waals surface area contributed by atoms with Crippen LogP contribution in [0.15, 0.2) is 4.40 Å². The second kappa shape index (κ2) is 3.79. The van der Waals surface area contributed by atoms with Gasteiger partial charge in [-0.2, -0.15) is 0 Å². The first-order chi connectivity index (χ1) is 5.56. The molecule has 1 aliphatic carbocycles. The van der Waals surface area contributed by atoms with Crippen molar-refractivity contribution in [3.63, 3.8) is 0 Å². The van der Waals surface area contributed by atoms with Gasteiger partial charge in [0.05, 0.1) is 6.21 Å². The summed E-state index contributed by atoms with van der Waals surface area (Å²) in [6, 6.07) is 0. The minimum absolute atomic E-state index is 0.161. The zero-order valence-corrected chi connectivity index (χ0v) is 8.86. The summed E-state index contributed by atoms with van der Waals surface area (Å²) >= 11 is -1.04. The number of rotatable bonds is 4. The molecule has 1 rings (SSSR count). The molecular weight excluding hydrogens is 170 g/mol. The van der Waals surface area contributed by atoms with Crippen LogP contribution in [0.3, 0.4) is 0 Å². The summed E-state index contributed by atoms with van der Waals surface area (Å²) < 4.78 is 15.5. The molecule has 1 saturated carbocycles. The zero-order valence-electron chi connectivity index (χ0n) is 8.04. The second-order valence-electron chi connectivity index (χ2n) is 3.95. The lowest BCUT2D eigenvalue weighted by Crippen LogP contribution is -2.29. The lowest BCUT2D eigenvalue weighted by atomic mass is 10.1. The van der Waals surface area contributed by atoms with Crippen molar-refractivity contribution in [1.82, 2.24) is 0 Å². The normalized spacial score (nSPS) is 21.7. The summed E-state index contributed by atoms with van der Waals surface area (Å²) in [5, 5.41) is 0. The Morgan fingerprint density at radius 2 is 2.17 bits per heavy atom. The Morgan fingerprint density at radius 1 is 1.58 bits per heavy atom. The van der Waals surface area contributed by atoms with E-state index in [0.29, 0.717) is 5.92 Å². The molecule has 0 heterocycles. The van der Waals surface area contributed by atoms with Gasteiger partial charge in [-0.05, 0) is 39.0 Å². The highest BCUT2D eigenvalue weighted by Gasteiger charge is 2.31. The predicted molar refractivity (Wildman–Crippen MR) is 53.7 cm³/mol. The van der Waals surface area contributed by atoms with E-state index in [4.69, 9.17) is 0 Å². The molecule has 0 aromatic carbocycles. The Hall–Kier alpha value is -0.0200. The van der Waals surface area contributed by atoms with Crippen molar-refractivity contribution in [3.05, 3.63) is 0 Å². The molecule has 1 atom stereocenters. The predicted octanol–water partition coefficient (Wildman–Crippen LogP) is 2.32. The Morgan fingerprint density at radius 3 is 2.58 bits per heavy atom. The van der Waals surface area contributed by atoms with E-state index in [9.17, 15) is 4.55 Å². The molecule has 0 N–H and O–H groups in total. The molecule has 0 bridgehead atoms. The molecule has 70 valence electrons. The van der Waals surface area contributed by atoms with Crippen LogP contribution in [0.5, 0.6) is 0 Å². The highest BCUT2D eigenvalue weighted by Crippen LogP contribution is 2.28. The quantitative estimate of drug-likeness (QED) is 0.491. The fourth-order valence-corrected chi connectivity index (χ4v) is 1.47. The molecule has 3 heteroatoms. The van der Waals surface area contributed by atoms with Crippen LogP contribution >= 0.6 is 0 Å². The lowest BCUT2D eigenvalue weighted by Gasteiger charge is -2.21.